The van der Waals surface area contributed by atoms with Gasteiger partial charge in [0.25, 0.3) is 0 Å². The van der Waals surface area contributed by atoms with Gasteiger partial charge < -0.3 is 15.2 Å². The molecule has 0 atom stereocenters. The van der Waals surface area contributed by atoms with Gasteiger partial charge >= 0.3 is 5.69 Å². The maximum atomic E-state index is 11.7. The van der Waals surface area contributed by atoms with Crippen LogP contribution in [-0.4, -0.2) is 9.97 Å². The zero-order valence-corrected chi connectivity index (χ0v) is 10.4. The number of fused-ring (bicyclic) bond motifs is 2. The standard InChI is InChI=1S/C14H14N4O/c19-14-16-12-6-15-5-11(12)13(17-14)18-7-9-3-1-2-4-10(9)8-18/h1-4,15H,5-8H2,(H,16,17,19). The van der Waals surface area contributed by atoms with Gasteiger partial charge in [-0.3, -0.25) is 0 Å². The molecule has 2 aliphatic rings. The van der Waals surface area contributed by atoms with E-state index in [0.717, 1.165) is 43.3 Å². The molecule has 19 heavy (non-hydrogen) atoms. The first-order valence-corrected chi connectivity index (χ1v) is 6.46. The minimum absolute atomic E-state index is 0.256. The number of hydrogen-bond donors (Lipinski definition) is 2. The highest BCUT2D eigenvalue weighted by Crippen LogP contribution is 2.30. The largest absolute Gasteiger partial charge is 0.347 e. The van der Waals surface area contributed by atoms with Crippen LogP contribution in [0.15, 0.2) is 29.1 Å². The summed E-state index contributed by atoms with van der Waals surface area (Å²) in [7, 11) is 0. The second-order valence-electron chi connectivity index (χ2n) is 5.05. The van der Waals surface area contributed by atoms with Crippen LogP contribution in [0.1, 0.15) is 22.4 Å². The summed E-state index contributed by atoms with van der Waals surface area (Å²) in [5.41, 5.74) is 4.50. The molecular formula is C14H14N4O. The van der Waals surface area contributed by atoms with Crippen molar-refractivity contribution < 1.29 is 0 Å². The van der Waals surface area contributed by atoms with E-state index in [-0.39, 0.29) is 5.69 Å². The van der Waals surface area contributed by atoms with Crippen LogP contribution in [0.2, 0.25) is 0 Å². The average Bonchev–Trinajstić information content (AvgIpc) is 3.03. The van der Waals surface area contributed by atoms with E-state index in [9.17, 15) is 4.79 Å². The Balaban J connectivity index is 1.78. The summed E-state index contributed by atoms with van der Waals surface area (Å²) in [6.07, 6.45) is 0. The Bertz CT molecular complexity index is 682. The van der Waals surface area contributed by atoms with E-state index < -0.39 is 0 Å². The van der Waals surface area contributed by atoms with Crippen molar-refractivity contribution >= 4 is 5.82 Å². The van der Waals surface area contributed by atoms with Gasteiger partial charge in [0, 0.05) is 37.4 Å². The van der Waals surface area contributed by atoms with Crippen molar-refractivity contribution in [3.8, 4) is 0 Å². The van der Waals surface area contributed by atoms with Gasteiger partial charge in [-0.05, 0) is 11.1 Å². The molecule has 96 valence electrons. The van der Waals surface area contributed by atoms with Gasteiger partial charge in [0.15, 0.2) is 0 Å². The van der Waals surface area contributed by atoms with Gasteiger partial charge in [-0.2, -0.15) is 4.98 Å². The van der Waals surface area contributed by atoms with Gasteiger partial charge in [0.05, 0.1) is 0 Å². The monoisotopic (exact) mass is 254 g/mol. The molecule has 0 amide bonds. The zero-order chi connectivity index (χ0) is 12.8. The van der Waals surface area contributed by atoms with Gasteiger partial charge in [-0.1, -0.05) is 24.3 Å². The highest BCUT2D eigenvalue weighted by Gasteiger charge is 2.25. The highest BCUT2D eigenvalue weighted by atomic mass is 16.1. The molecular weight excluding hydrogens is 240 g/mol. The maximum Gasteiger partial charge on any atom is 0.347 e. The third kappa shape index (κ3) is 1.66. The Morgan fingerprint density at radius 3 is 2.58 bits per heavy atom. The lowest BCUT2D eigenvalue weighted by atomic mass is 10.1. The Hall–Kier alpha value is -2.14. The summed E-state index contributed by atoms with van der Waals surface area (Å²) in [5, 5.41) is 3.26. The quantitative estimate of drug-likeness (QED) is 0.793. The van der Waals surface area contributed by atoms with E-state index in [4.69, 9.17) is 0 Å². The van der Waals surface area contributed by atoms with E-state index in [2.05, 4.69) is 44.5 Å². The average molecular weight is 254 g/mol. The molecule has 2 aromatic rings. The number of rotatable bonds is 1. The Morgan fingerprint density at radius 1 is 1.11 bits per heavy atom. The molecule has 1 aromatic carbocycles. The number of nitrogens with one attached hydrogen (secondary N) is 2. The number of hydrogen-bond acceptors (Lipinski definition) is 4. The molecule has 5 nitrogen and oxygen atoms in total. The molecule has 0 aliphatic carbocycles. The number of aromatic amines is 1. The predicted octanol–water partition coefficient (Wildman–Crippen LogP) is 0.893. The molecule has 0 spiro atoms. The summed E-state index contributed by atoms with van der Waals surface area (Å²) < 4.78 is 0. The predicted molar refractivity (Wildman–Crippen MR) is 71.7 cm³/mol. The fourth-order valence-electron chi connectivity index (χ4n) is 2.92. The van der Waals surface area contributed by atoms with Crippen LogP contribution in [0.4, 0.5) is 5.82 Å². The lowest BCUT2D eigenvalue weighted by molar-refractivity contribution is 0.754. The van der Waals surface area contributed by atoms with E-state index in [1.807, 2.05) is 0 Å². The normalized spacial score (nSPS) is 16.5. The summed E-state index contributed by atoms with van der Waals surface area (Å²) in [5.74, 6) is 0.833. The molecule has 0 fully saturated rings. The molecule has 5 heteroatoms. The fourth-order valence-corrected chi connectivity index (χ4v) is 2.92. The van der Waals surface area contributed by atoms with Crippen LogP contribution in [0.5, 0.6) is 0 Å². The molecule has 4 rings (SSSR count). The van der Waals surface area contributed by atoms with E-state index >= 15 is 0 Å². The van der Waals surface area contributed by atoms with Gasteiger partial charge in [-0.25, -0.2) is 4.79 Å². The molecule has 1 aromatic heterocycles. The Kier molecular flexibility index (Phi) is 2.22. The van der Waals surface area contributed by atoms with Crippen molar-refractivity contribution in [3.63, 3.8) is 0 Å². The minimum atomic E-state index is -0.256. The highest BCUT2D eigenvalue weighted by molar-refractivity contribution is 5.54. The van der Waals surface area contributed by atoms with Crippen LogP contribution in [0.25, 0.3) is 0 Å². The van der Waals surface area contributed by atoms with Gasteiger partial charge in [0.2, 0.25) is 0 Å². The number of H-pyrrole nitrogens is 1. The molecule has 0 saturated heterocycles. The zero-order valence-electron chi connectivity index (χ0n) is 10.4. The second kappa shape index (κ2) is 3.93. The van der Waals surface area contributed by atoms with Crippen molar-refractivity contribution in [1.82, 2.24) is 15.3 Å². The van der Waals surface area contributed by atoms with Crippen molar-refractivity contribution in [2.45, 2.75) is 26.2 Å². The maximum absolute atomic E-state index is 11.7. The summed E-state index contributed by atoms with van der Waals surface area (Å²) in [6.45, 7) is 3.17. The summed E-state index contributed by atoms with van der Waals surface area (Å²) in [4.78, 5) is 20.8. The third-order valence-electron chi connectivity index (χ3n) is 3.84. The molecule has 2 N–H and O–H groups in total. The smallest absolute Gasteiger partial charge is 0.347 e. The first kappa shape index (κ1) is 10.8. The van der Waals surface area contributed by atoms with Crippen LogP contribution < -0.4 is 15.9 Å². The number of nitrogens with zero attached hydrogens (tertiary/aromatic N) is 2. The van der Waals surface area contributed by atoms with Crippen molar-refractivity contribution in [1.29, 1.82) is 0 Å². The molecule has 0 radical (unpaired) electrons. The van der Waals surface area contributed by atoms with Crippen molar-refractivity contribution in [2.24, 2.45) is 0 Å². The molecule has 3 heterocycles. The minimum Gasteiger partial charge on any atom is -0.347 e. The number of anilines is 1. The molecule has 0 unspecified atom stereocenters. The summed E-state index contributed by atoms with van der Waals surface area (Å²) in [6, 6.07) is 8.39. The van der Waals surface area contributed by atoms with Crippen LogP contribution in [-0.2, 0) is 26.2 Å². The number of aromatic nitrogens is 2. The first-order chi connectivity index (χ1) is 9.31. The van der Waals surface area contributed by atoms with E-state index in [0.29, 0.717) is 0 Å². The lowest BCUT2D eigenvalue weighted by Gasteiger charge is -2.18. The Morgan fingerprint density at radius 2 is 1.84 bits per heavy atom. The SMILES string of the molecule is O=c1nc(N2Cc3ccccc3C2)c2c([nH]1)CNC2. The molecule has 0 bridgehead atoms. The fraction of sp³-hybridized carbons (Fsp3) is 0.286. The van der Waals surface area contributed by atoms with Crippen LogP contribution in [0, 0.1) is 0 Å². The van der Waals surface area contributed by atoms with Gasteiger partial charge in [0.1, 0.15) is 5.82 Å². The second-order valence-corrected chi connectivity index (χ2v) is 5.05. The van der Waals surface area contributed by atoms with Crippen molar-refractivity contribution in [3.05, 3.63) is 57.1 Å². The lowest BCUT2D eigenvalue weighted by Crippen LogP contribution is -2.24. The number of benzene rings is 1. The van der Waals surface area contributed by atoms with E-state index in [1.54, 1.807) is 0 Å². The van der Waals surface area contributed by atoms with Crippen LogP contribution >= 0.6 is 0 Å². The van der Waals surface area contributed by atoms with Crippen molar-refractivity contribution in [2.75, 3.05) is 4.90 Å². The summed E-state index contributed by atoms with van der Waals surface area (Å²) >= 11 is 0. The topological polar surface area (TPSA) is 61.0 Å². The molecule has 0 saturated carbocycles. The molecule has 2 aliphatic heterocycles. The van der Waals surface area contributed by atoms with Crippen LogP contribution in [0.3, 0.4) is 0 Å². The van der Waals surface area contributed by atoms with E-state index in [1.165, 1.54) is 11.1 Å². The Labute approximate surface area is 110 Å². The first-order valence-electron chi connectivity index (χ1n) is 6.46. The third-order valence-corrected chi connectivity index (χ3v) is 3.84. The van der Waals surface area contributed by atoms with Gasteiger partial charge in [-0.15, -0.1) is 0 Å².